The molecular formula is C24H17FN2O6. The maximum absolute atomic E-state index is 14.0. The van der Waals surface area contributed by atoms with Crippen molar-refractivity contribution in [1.29, 1.82) is 0 Å². The molecule has 0 bridgehead atoms. The average Bonchev–Trinajstić information content (AvgIpc) is 3.19. The summed E-state index contributed by atoms with van der Waals surface area (Å²) in [6.45, 7) is -0.0506. The number of hydrogen-bond donors (Lipinski definition) is 0. The molecule has 0 fully saturated rings. The van der Waals surface area contributed by atoms with Gasteiger partial charge in [0.15, 0.2) is 17.2 Å². The number of carbonyl (C=O) groups excluding carboxylic acids is 1. The van der Waals surface area contributed by atoms with Crippen LogP contribution in [0.4, 0.5) is 10.1 Å². The summed E-state index contributed by atoms with van der Waals surface area (Å²) in [5, 5.41) is 10.8. The Balaban J connectivity index is 1.64. The number of ether oxygens (including phenoxy) is 3. The van der Waals surface area contributed by atoms with Gasteiger partial charge in [0.05, 0.1) is 12.0 Å². The molecule has 166 valence electrons. The Morgan fingerprint density at radius 3 is 2.55 bits per heavy atom. The zero-order valence-corrected chi connectivity index (χ0v) is 17.4. The van der Waals surface area contributed by atoms with Crippen molar-refractivity contribution in [3.05, 3.63) is 105 Å². The second-order valence-electron chi connectivity index (χ2n) is 6.90. The fourth-order valence-electron chi connectivity index (χ4n) is 3.13. The van der Waals surface area contributed by atoms with Crippen molar-refractivity contribution in [2.45, 2.75) is 6.61 Å². The van der Waals surface area contributed by atoms with Crippen LogP contribution in [0.5, 0.6) is 11.5 Å². The van der Waals surface area contributed by atoms with Crippen LogP contribution in [-0.2, 0) is 16.1 Å². The normalized spacial score (nSPS) is 14.1. The number of nitro groups is 1. The monoisotopic (exact) mass is 448 g/mol. The number of non-ortho nitro benzene ring substituents is 1. The first-order chi connectivity index (χ1) is 16.0. The number of methoxy groups -OCH3 is 1. The lowest BCUT2D eigenvalue weighted by atomic mass is 10.1. The standard InChI is InChI=1S/C24H17FN2O6/c1-31-21-8-4-6-16(22(21)32-14-17-5-2-3-7-19(17)25)13-20-24(28)33-23(26-20)15-9-11-18(12-10-15)27(29)30/h2-13H,14H2,1H3/b20-13-. The second kappa shape index (κ2) is 9.31. The van der Waals surface area contributed by atoms with Gasteiger partial charge in [-0.05, 0) is 30.3 Å². The van der Waals surface area contributed by atoms with Gasteiger partial charge in [0.1, 0.15) is 12.4 Å². The lowest BCUT2D eigenvalue weighted by molar-refractivity contribution is -0.384. The van der Waals surface area contributed by atoms with Gasteiger partial charge in [-0.3, -0.25) is 10.1 Å². The van der Waals surface area contributed by atoms with E-state index in [9.17, 15) is 19.3 Å². The van der Waals surface area contributed by atoms with Gasteiger partial charge in [0.2, 0.25) is 5.90 Å². The molecule has 0 radical (unpaired) electrons. The Hall–Kier alpha value is -4.53. The number of nitrogens with zero attached hydrogens (tertiary/aromatic N) is 2. The molecule has 0 saturated heterocycles. The number of halogens is 1. The first-order valence-electron chi connectivity index (χ1n) is 9.77. The summed E-state index contributed by atoms with van der Waals surface area (Å²) in [7, 11) is 1.47. The Bertz CT molecular complexity index is 1280. The number of cyclic esters (lactones) is 1. The van der Waals surface area contributed by atoms with Crippen LogP contribution in [0.3, 0.4) is 0 Å². The van der Waals surface area contributed by atoms with Gasteiger partial charge < -0.3 is 14.2 Å². The number of aliphatic imine (C=N–C) groups is 1. The highest BCUT2D eigenvalue weighted by molar-refractivity contribution is 6.13. The van der Waals surface area contributed by atoms with Crippen molar-refractivity contribution in [2.75, 3.05) is 7.11 Å². The number of hydrogen-bond acceptors (Lipinski definition) is 7. The maximum Gasteiger partial charge on any atom is 0.363 e. The van der Waals surface area contributed by atoms with Gasteiger partial charge in [0, 0.05) is 28.8 Å². The van der Waals surface area contributed by atoms with Crippen LogP contribution in [0, 0.1) is 15.9 Å². The molecule has 9 heteroatoms. The van der Waals surface area contributed by atoms with Crippen molar-refractivity contribution in [2.24, 2.45) is 4.99 Å². The van der Waals surface area contributed by atoms with Crippen molar-refractivity contribution < 1.29 is 28.3 Å². The topological polar surface area (TPSA) is 100 Å². The van der Waals surface area contributed by atoms with Gasteiger partial charge in [-0.25, -0.2) is 14.2 Å². The van der Waals surface area contributed by atoms with Crippen molar-refractivity contribution in [3.63, 3.8) is 0 Å². The largest absolute Gasteiger partial charge is 0.493 e. The highest BCUT2D eigenvalue weighted by atomic mass is 19.1. The van der Waals surface area contributed by atoms with Crippen LogP contribution in [0.1, 0.15) is 16.7 Å². The first-order valence-corrected chi connectivity index (χ1v) is 9.77. The Morgan fingerprint density at radius 2 is 1.85 bits per heavy atom. The minimum absolute atomic E-state index is 0.00680. The van der Waals surface area contributed by atoms with Crippen LogP contribution < -0.4 is 9.47 Å². The summed E-state index contributed by atoms with van der Waals surface area (Å²) >= 11 is 0. The zero-order chi connectivity index (χ0) is 23.4. The van der Waals surface area contributed by atoms with E-state index < -0.39 is 16.7 Å². The van der Waals surface area contributed by atoms with Crippen molar-refractivity contribution in [1.82, 2.24) is 0 Å². The predicted molar refractivity (Wildman–Crippen MR) is 117 cm³/mol. The maximum atomic E-state index is 14.0. The summed E-state index contributed by atoms with van der Waals surface area (Å²) in [5.41, 5.74) is 1.17. The quantitative estimate of drug-likeness (QED) is 0.225. The number of carbonyl (C=O) groups is 1. The van der Waals surface area contributed by atoms with Crippen LogP contribution >= 0.6 is 0 Å². The number of benzene rings is 3. The van der Waals surface area contributed by atoms with Crippen molar-refractivity contribution >= 4 is 23.6 Å². The summed E-state index contributed by atoms with van der Waals surface area (Å²) in [6, 6.07) is 16.8. The Morgan fingerprint density at radius 1 is 1.09 bits per heavy atom. The van der Waals surface area contributed by atoms with Gasteiger partial charge >= 0.3 is 5.97 Å². The van der Waals surface area contributed by atoms with E-state index in [1.165, 1.54) is 43.5 Å². The second-order valence-corrected chi connectivity index (χ2v) is 6.90. The van der Waals surface area contributed by atoms with Crippen molar-refractivity contribution in [3.8, 4) is 11.5 Å². The molecule has 0 atom stereocenters. The van der Waals surface area contributed by atoms with E-state index in [4.69, 9.17) is 14.2 Å². The lowest BCUT2D eigenvalue weighted by Crippen LogP contribution is -2.05. The van der Waals surface area contributed by atoms with E-state index >= 15 is 0 Å². The van der Waals surface area contributed by atoms with E-state index in [2.05, 4.69) is 4.99 Å². The molecule has 4 rings (SSSR count). The summed E-state index contributed by atoms with van der Waals surface area (Å²) < 4.78 is 30.4. The summed E-state index contributed by atoms with van der Waals surface area (Å²) in [5.74, 6) is -0.359. The molecule has 0 unspecified atom stereocenters. The number of rotatable bonds is 7. The molecule has 0 saturated carbocycles. The zero-order valence-electron chi connectivity index (χ0n) is 17.4. The molecule has 8 nitrogen and oxygen atoms in total. The molecule has 0 N–H and O–H groups in total. The molecule has 0 amide bonds. The highest BCUT2D eigenvalue weighted by Crippen LogP contribution is 2.34. The van der Waals surface area contributed by atoms with E-state index in [0.717, 1.165) is 0 Å². The molecule has 33 heavy (non-hydrogen) atoms. The molecule has 1 aliphatic rings. The third-order valence-corrected chi connectivity index (χ3v) is 4.80. The Kier molecular flexibility index (Phi) is 6.12. The minimum atomic E-state index is -0.689. The van der Waals surface area contributed by atoms with Gasteiger partial charge in [-0.1, -0.05) is 30.3 Å². The summed E-state index contributed by atoms with van der Waals surface area (Å²) in [6.07, 6.45) is 1.47. The molecule has 1 aliphatic heterocycles. The van der Waals surface area contributed by atoms with Gasteiger partial charge in [0.25, 0.3) is 5.69 Å². The number of para-hydroxylation sites is 1. The third kappa shape index (κ3) is 4.72. The third-order valence-electron chi connectivity index (χ3n) is 4.80. The minimum Gasteiger partial charge on any atom is -0.493 e. The molecule has 1 heterocycles. The molecule has 0 aromatic heterocycles. The van der Waals surface area contributed by atoms with Crippen LogP contribution in [0.2, 0.25) is 0 Å². The van der Waals surface area contributed by atoms with Crippen LogP contribution in [0.25, 0.3) is 6.08 Å². The van der Waals surface area contributed by atoms with E-state index in [1.807, 2.05) is 0 Å². The Labute approximate surface area is 187 Å². The number of nitro benzene ring substituents is 1. The van der Waals surface area contributed by atoms with E-state index in [-0.39, 0.29) is 23.9 Å². The smallest absolute Gasteiger partial charge is 0.363 e. The first kappa shape index (κ1) is 21.7. The molecule has 0 spiro atoms. The highest BCUT2D eigenvalue weighted by Gasteiger charge is 2.25. The fourth-order valence-corrected chi connectivity index (χ4v) is 3.13. The van der Waals surface area contributed by atoms with Crippen LogP contribution in [0.15, 0.2) is 77.4 Å². The fraction of sp³-hybridized carbons (Fsp3) is 0.0833. The average molecular weight is 448 g/mol. The van der Waals surface area contributed by atoms with Crippen LogP contribution in [-0.4, -0.2) is 23.9 Å². The summed E-state index contributed by atoms with van der Waals surface area (Å²) in [4.78, 5) is 26.9. The van der Waals surface area contributed by atoms with E-state index in [1.54, 1.807) is 36.4 Å². The van der Waals surface area contributed by atoms with Gasteiger partial charge in [-0.2, -0.15) is 0 Å². The van der Waals surface area contributed by atoms with E-state index in [0.29, 0.717) is 28.2 Å². The molecule has 3 aromatic carbocycles. The lowest BCUT2D eigenvalue weighted by Gasteiger charge is -2.14. The van der Waals surface area contributed by atoms with Gasteiger partial charge in [-0.15, -0.1) is 0 Å². The number of esters is 1. The predicted octanol–water partition coefficient (Wildman–Crippen LogP) is 4.67. The molecule has 3 aromatic rings. The SMILES string of the molecule is COc1cccc(/C=C2\N=C(c3ccc([N+](=O)[O-])cc3)OC2=O)c1OCc1ccccc1F. The molecular weight excluding hydrogens is 431 g/mol. The molecule has 0 aliphatic carbocycles.